The van der Waals surface area contributed by atoms with E-state index < -0.39 is 16.1 Å². The molecule has 1 unspecified atom stereocenters. The Kier molecular flexibility index (Phi) is 4.63. The van der Waals surface area contributed by atoms with Crippen molar-refractivity contribution in [2.45, 2.75) is 31.7 Å². The molecule has 0 spiro atoms. The highest BCUT2D eigenvalue weighted by Gasteiger charge is 2.46. The highest BCUT2D eigenvalue weighted by molar-refractivity contribution is 7.89. The third kappa shape index (κ3) is 3.18. The maximum atomic E-state index is 13.5. The van der Waals surface area contributed by atoms with Crippen molar-refractivity contribution < 1.29 is 18.0 Å². The molecule has 29 heavy (non-hydrogen) atoms. The van der Waals surface area contributed by atoms with Gasteiger partial charge in [0.2, 0.25) is 10.0 Å². The number of ketones is 2. The number of allylic oxidation sites excluding steroid dienone is 2. The van der Waals surface area contributed by atoms with Gasteiger partial charge in [-0.2, -0.15) is 4.31 Å². The van der Waals surface area contributed by atoms with Crippen molar-refractivity contribution in [1.29, 1.82) is 0 Å². The van der Waals surface area contributed by atoms with E-state index in [2.05, 4.69) is 0 Å². The van der Waals surface area contributed by atoms with Crippen LogP contribution >= 0.6 is 0 Å². The molecule has 0 amide bonds. The first-order valence-electron chi connectivity index (χ1n) is 9.35. The molecule has 1 aliphatic carbocycles. The molecule has 1 heterocycles. The van der Waals surface area contributed by atoms with Crippen LogP contribution in [0.3, 0.4) is 0 Å². The van der Waals surface area contributed by atoms with Crippen LogP contribution in [0.2, 0.25) is 0 Å². The lowest BCUT2D eigenvalue weighted by atomic mass is 9.87. The van der Waals surface area contributed by atoms with Crippen LogP contribution in [0, 0.1) is 13.8 Å². The molecule has 1 aliphatic heterocycles. The molecule has 0 bridgehead atoms. The first kappa shape index (κ1) is 19.5. The lowest BCUT2D eigenvalue weighted by Crippen LogP contribution is -2.33. The monoisotopic (exact) mass is 407 g/mol. The van der Waals surface area contributed by atoms with Gasteiger partial charge in [0, 0.05) is 23.3 Å². The van der Waals surface area contributed by atoms with E-state index in [4.69, 9.17) is 0 Å². The molecule has 4 rings (SSSR count). The lowest BCUT2D eigenvalue weighted by molar-refractivity contribution is -0.115. The summed E-state index contributed by atoms with van der Waals surface area (Å²) in [6.07, 6.45) is 1.31. The molecular formula is C23H21NO4S. The van der Waals surface area contributed by atoms with E-state index in [1.165, 1.54) is 10.4 Å². The van der Waals surface area contributed by atoms with Gasteiger partial charge >= 0.3 is 0 Å². The predicted octanol–water partition coefficient (Wildman–Crippen LogP) is 3.44. The van der Waals surface area contributed by atoms with Crippen LogP contribution in [0.15, 0.2) is 76.2 Å². The summed E-state index contributed by atoms with van der Waals surface area (Å²) in [7, 11) is -3.92. The second-order valence-corrected chi connectivity index (χ2v) is 9.48. The average molecular weight is 407 g/mol. The van der Waals surface area contributed by atoms with E-state index in [1.54, 1.807) is 31.2 Å². The average Bonchev–Trinajstić information content (AvgIpc) is 3.09. The SMILES string of the molecule is CC1=CC(=O)C2=C(CN(S(=O)(=O)c3ccc(C)cc3)C2c2ccc(C)cc2)C1=O. The molecule has 0 fully saturated rings. The molecule has 0 aromatic heterocycles. The molecule has 2 aliphatic rings. The Morgan fingerprint density at radius 3 is 2.00 bits per heavy atom. The summed E-state index contributed by atoms with van der Waals surface area (Å²) in [4.78, 5) is 25.7. The predicted molar refractivity (Wildman–Crippen MR) is 110 cm³/mol. The van der Waals surface area contributed by atoms with Gasteiger partial charge in [-0.3, -0.25) is 9.59 Å². The van der Waals surface area contributed by atoms with Gasteiger partial charge in [-0.05, 0) is 44.5 Å². The summed E-state index contributed by atoms with van der Waals surface area (Å²) in [5.74, 6) is -0.567. The van der Waals surface area contributed by atoms with Crippen LogP contribution in [0.4, 0.5) is 0 Å². The van der Waals surface area contributed by atoms with Crippen molar-refractivity contribution in [3.05, 3.63) is 88.0 Å². The molecule has 148 valence electrons. The molecular weight excluding hydrogens is 386 g/mol. The molecule has 0 saturated heterocycles. The molecule has 0 saturated carbocycles. The largest absolute Gasteiger partial charge is 0.290 e. The number of aryl methyl sites for hydroxylation is 2. The second-order valence-electron chi connectivity index (χ2n) is 7.59. The number of nitrogens with zero attached hydrogens (tertiary/aromatic N) is 1. The molecule has 6 heteroatoms. The summed E-state index contributed by atoms with van der Waals surface area (Å²) < 4.78 is 28.3. The Bertz CT molecular complexity index is 1190. The van der Waals surface area contributed by atoms with Gasteiger partial charge in [0.05, 0.1) is 10.9 Å². The van der Waals surface area contributed by atoms with Gasteiger partial charge in [-0.25, -0.2) is 8.42 Å². The highest BCUT2D eigenvalue weighted by Crippen LogP contribution is 2.43. The molecule has 1 atom stereocenters. The number of sulfonamides is 1. The molecule has 2 aromatic rings. The Morgan fingerprint density at radius 2 is 1.41 bits per heavy atom. The van der Waals surface area contributed by atoms with Crippen molar-refractivity contribution >= 4 is 21.6 Å². The number of Topliss-reactive ketones (excluding diaryl/α,β-unsaturated/α-hetero) is 1. The number of carbonyl (C=O) groups is 2. The maximum Gasteiger partial charge on any atom is 0.244 e. The number of hydrogen-bond acceptors (Lipinski definition) is 4. The Balaban J connectivity index is 1.88. The molecule has 0 radical (unpaired) electrons. The van der Waals surface area contributed by atoms with Gasteiger partial charge in [-0.1, -0.05) is 47.5 Å². The summed E-state index contributed by atoms with van der Waals surface area (Å²) in [6.45, 7) is 5.29. The third-order valence-corrected chi connectivity index (χ3v) is 7.29. The summed E-state index contributed by atoms with van der Waals surface area (Å²) >= 11 is 0. The standard InChI is InChI=1S/C23H21NO4S/c1-14-4-8-17(9-5-14)22-21-19(23(26)16(3)12-20(21)25)13-24(22)29(27,28)18-10-6-15(2)7-11-18/h4-12,22H,13H2,1-3H3. The topological polar surface area (TPSA) is 71.5 Å². The number of benzene rings is 2. The minimum absolute atomic E-state index is 0.111. The molecule has 2 aromatic carbocycles. The minimum atomic E-state index is -3.92. The van der Waals surface area contributed by atoms with E-state index in [0.29, 0.717) is 11.1 Å². The number of carbonyl (C=O) groups excluding carboxylic acids is 2. The minimum Gasteiger partial charge on any atom is -0.290 e. The first-order valence-corrected chi connectivity index (χ1v) is 10.8. The smallest absolute Gasteiger partial charge is 0.244 e. The highest BCUT2D eigenvalue weighted by atomic mass is 32.2. The van der Waals surface area contributed by atoms with E-state index in [1.807, 2.05) is 38.1 Å². The Morgan fingerprint density at radius 1 is 0.862 bits per heavy atom. The summed E-state index contributed by atoms with van der Waals surface area (Å²) in [5.41, 5.74) is 3.52. The normalized spacial score (nSPS) is 20.1. The van der Waals surface area contributed by atoms with Gasteiger partial charge in [0.1, 0.15) is 0 Å². The summed E-state index contributed by atoms with van der Waals surface area (Å²) in [5, 5.41) is 0. The van der Waals surface area contributed by atoms with Gasteiger partial charge in [-0.15, -0.1) is 0 Å². The second kappa shape index (κ2) is 6.90. The lowest BCUT2D eigenvalue weighted by Gasteiger charge is -2.26. The quantitative estimate of drug-likeness (QED) is 0.731. The fourth-order valence-electron chi connectivity index (χ4n) is 3.85. The van der Waals surface area contributed by atoms with Gasteiger partial charge in [0.15, 0.2) is 11.6 Å². The maximum absolute atomic E-state index is 13.5. The van der Waals surface area contributed by atoms with Crippen LogP contribution in [0.1, 0.15) is 29.7 Å². The van der Waals surface area contributed by atoms with E-state index in [0.717, 1.165) is 11.1 Å². The zero-order valence-corrected chi connectivity index (χ0v) is 17.3. The van der Waals surface area contributed by atoms with Crippen LogP contribution < -0.4 is 0 Å². The van der Waals surface area contributed by atoms with Crippen molar-refractivity contribution in [1.82, 2.24) is 4.31 Å². The van der Waals surface area contributed by atoms with E-state index in [-0.39, 0.29) is 34.2 Å². The van der Waals surface area contributed by atoms with Crippen LogP contribution in [0.25, 0.3) is 0 Å². The molecule has 5 nitrogen and oxygen atoms in total. The van der Waals surface area contributed by atoms with Crippen LogP contribution in [-0.4, -0.2) is 30.8 Å². The van der Waals surface area contributed by atoms with Crippen molar-refractivity contribution in [2.75, 3.05) is 6.54 Å². The zero-order valence-electron chi connectivity index (χ0n) is 16.5. The van der Waals surface area contributed by atoms with E-state index >= 15 is 0 Å². The van der Waals surface area contributed by atoms with Crippen molar-refractivity contribution in [3.8, 4) is 0 Å². The zero-order chi connectivity index (χ0) is 20.9. The van der Waals surface area contributed by atoms with Crippen molar-refractivity contribution in [3.63, 3.8) is 0 Å². The first-order chi connectivity index (χ1) is 13.7. The number of rotatable bonds is 3. The summed E-state index contributed by atoms with van der Waals surface area (Å²) in [6, 6.07) is 13.1. The molecule has 0 N–H and O–H groups in total. The van der Waals surface area contributed by atoms with Gasteiger partial charge < -0.3 is 0 Å². The van der Waals surface area contributed by atoms with Crippen LogP contribution in [0.5, 0.6) is 0 Å². The number of hydrogen-bond donors (Lipinski definition) is 0. The van der Waals surface area contributed by atoms with Gasteiger partial charge in [0.25, 0.3) is 0 Å². The fraction of sp³-hybridized carbons (Fsp3) is 0.217. The third-order valence-electron chi connectivity index (χ3n) is 5.47. The van der Waals surface area contributed by atoms with Crippen LogP contribution in [-0.2, 0) is 19.6 Å². The Labute approximate surface area is 170 Å². The van der Waals surface area contributed by atoms with E-state index in [9.17, 15) is 18.0 Å². The fourth-order valence-corrected chi connectivity index (χ4v) is 5.40. The Hall–Kier alpha value is -2.83. The van der Waals surface area contributed by atoms with Crippen molar-refractivity contribution in [2.24, 2.45) is 0 Å².